The number of unbranched alkanes of at least 4 members (excludes halogenated alkanes) is 31. The van der Waals surface area contributed by atoms with Crippen LogP contribution in [0.25, 0.3) is 0 Å². The third kappa shape index (κ3) is 29.6. The van der Waals surface area contributed by atoms with E-state index in [1.807, 2.05) is 0 Å². The van der Waals surface area contributed by atoms with Crippen LogP contribution in [0, 0.1) is 20.2 Å². The van der Waals surface area contributed by atoms with E-state index in [4.69, 9.17) is 56.8 Å². The summed E-state index contributed by atoms with van der Waals surface area (Å²) >= 11 is 0. The van der Waals surface area contributed by atoms with Crippen molar-refractivity contribution >= 4 is 34.5 Å². The minimum absolute atomic E-state index is 0.0200. The molecule has 0 saturated heterocycles. The number of ketones is 4. The molecule has 22 heteroatoms. The number of non-ortho nitro benzene ring substituents is 2. The molecular formula is C100H140N2O20. The fourth-order valence-electron chi connectivity index (χ4n) is 15.2. The SMILES string of the molecule is CCCCCCOc1cc2c(c(OCCCCCCCCCCOc3c(OCCCCCC)c(OCCCCCC)cc4c3C(=O)c3cc(OCCCCCC)c(OCCCCCC)c(OCc5ccc([N+](=O)[O-])cc5)c3C4=O)c1OCCCCCC)C(=O)c1cc(OCCCCCC)c(OCCCCCC)c(OCc3ccc([N+](=O)[O-])cc3)c1C2=O. The van der Waals surface area contributed by atoms with Crippen molar-refractivity contribution in [2.75, 3.05) is 66.1 Å². The molecule has 0 heterocycles. The number of carbonyl (C=O) groups excluding carboxylic acids is 4. The summed E-state index contributed by atoms with van der Waals surface area (Å²) in [6.07, 6.45) is 36.3. The maximum Gasteiger partial charge on any atom is 0.269 e. The molecule has 0 radical (unpaired) electrons. The molecule has 0 bridgehead atoms. The van der Waals surface area contributed by atoms with Crippen molar-refractivity contribution in [1.82, 2.24) is 0 Å². The monoisotopic (exact) mass is 1690 g/mol. The summed E-state index contributed by atoms with van der Waals surface area (Å²) in [4.78, 5) is 85.9. The van der Waals surface area contributed by atoms with Crippen LogP contribution >= 0.6 is 0 Å². The zero-order valence-electron chi connectivity index (χ0n) is 74.8. The first-order chi connectivity index (χ1) is 59.7. The Morgan fingerprint density at radius 2 is 0.393 bits per heavy atom. The molecule has 0 saturated carbocycles. The van der Waals surface area contributed by atoms with Crippen molar-refractivity contribution in [3.8, 4) is 69.0 Å². The van der Waals surface area contributed by atoms with Crippen molar-refractivity contribution < 1.29 is 85.9 Å². The second-order valence-electron chi connectivity index (χ2n) is 32.4. The summed E-state index contributed by atoms with van der Waals surface area (Å²) in [5, 5.41) is 23.4. The van der Waals surface area contributed by atoms with Crippen LogP contribution in [0.2, 0.25) is 0 Å². The van der Waals surface area contributed by atoms with Gasteiger partial charge in [-0.2, -0.15) is 0 Å². The lowest BCUT2D eigenvalue weighted by atomic mass is 9.82. The van der Waals surface area contributed by atoms with Crippen molar-refractivity contribution in [3.63, 3.8) is 0 Å². The molecule has 122 heavy (non-hydrogen) atoms. The van der Waals surface area contributed by atoms with Crippen molar-refractivity contribution in [1.29, 1.82) is 0 Å². The molecule has 0 aromatic heterocycles. The summed E-state index contributed by atoms with van der Waals surface area (Å²) in [5.74, 6) is 0.676. The molecule has 2 aliphatic carbocycles. The lowest BCUT2D eigenvalue weighted by Crippen LogP contribution is -2.25. The van der Waals surface area contributed by atoms with Crippen molar-refractivity contribution in [2.45, 2.75) is 325 Å². The van der Waals surface area contributed by atoms with Gasteiger partial charge in [-0.1, -0.05) is 248 Å². The van der Waals surface area contributed by atoms with Gasteiger partial charge in [-0.3, -0.25) is 39.4 Å². The van der Waals surface area contributed by atoms with E-state index < -0.39 is 33.0 Å². The topological polar surface area (TPSA) is 265 Å². The van der Waals surface area contributed by atoms with Gasteiger partial charge in [0.05, 0.1) is 98.2 Å². The molecule has 0 aliphatic heterocycles. The van der Waals surface area contributed by atoms with E-state index in [0.29, 0.717) is 88.3 Å². The Kier molecular flexibility index (Phi) is 44.5. The fraction of sp³-hybridized carbons (Fsp3) is 0.600. The van der Waals surface area contributed by atoms with Crippen LogP contribution in [0.1, 0.15) is 387 Å². The molecule has 0 unspecified atom stereocenters. The fourth-order valence-corrected chi connectivity index (χ4v) is 15.2. The lowest BCUT2D eigenvalue weighted by molar-refractivity contribution is -0.385. The quantitative estimate of drug-likeness (QED) is 0.0195. The summed E-state index contributed by atoms with van der Waals surface area (Å²) in [7, 11) is 0. The number of fused-ring (bicyclic) bond motifs is 4. The van der Waals surface area contributed by atoms with Crippen LogP contribution in [0.5, 0.6) is 69.0 Å². The first-order valence-electron chi connectivity index (χ1n) is 46.7. The third-order valence-electron chi connectivity index (χ3n) is 22.3. The van der Waals surface area contributed by atoms with E-state index >= 15 is 19.2 Å². The molecule has 0 fully saturated rings. The Morgan fingerprint density at radius 1 is 0.221 bits per heavy atom. The van der Waals surface area contributed by atoms with Crippen LogP contribution < -0.4 is 56.8 Å². The van der Waals surface area contributed by atoms with Gasteiger partial charge in [0.1, 0.15) is 13.2 Å². The highest BCUT2D eigenvalue weighted by atomic mass is 16.6. The number of benzene rings is 6. The second kappa shape index (κ2) is 55.5. The molecule has 6 aromatic carbocycles. The lowest BCUT2D eigenvalue weighted by Gasteiger charge is -2.27. The Morgan fingerprint density at radius 3 is 0.590 bits per heavy atom. The Labute approximate surface area is 725 Å². The normalized spacial score (nSPS) is 12.0. The first kappa shape index (κ1) is 97.8. The van der Waals surface area contributed by atoms with Crippen LogP contribution in [-0.4, -0.2) is 99.0 Å². The number of nitro groups is 2. The predicted octanol–water partition coefficient (Wildman–Crippen LogP) is 26.5. The Bertz CT molecular complexity index is 3940. The number of ether oxygens (including phenoxy) is 12. The average molecular weight is 1690 g/mol. The smallest absolute Gasteiger partial charge is 0.269 e. The minimum Gasteiger partial charge on any atom is -0.490 e. The van der Waals surface area contributed by atoms with E-state index in [0.717, 1.165) is 244 Å². The minimum atomic E-state index is -0.487. The molecule has 0 atom stereocenters. The molecule has 0 amide bonds. The van der Waals surface area contributed by atoms with Crippen molar-refractivity contribution in [3.05, 3.63) is 149 Å². The number of nitrogens with zero attached hydrogens (tertiary/aromatic N) is 2. The summed E-state index contributed by atoms with van der Waals surface area (Å²) in [6.45, 7) is 20.0. The van der Waals surface area contributed by atoms with Gasteiger partial charge in [0.25, 0.3) is 11.4 Å². The number of hydrogen-bond donors (Lipinski definition) is 0. The zero-order chi connectivity index (χ0) is 87.1. The van der Waals surface area contributed by atoms with Gasteiger partial charge in [-0.15, -0.1) is 0 Å². The highest BCUT2D eigenvalue weighted by Crippen LogP contribution is 2.54. The standard InChI is InChI=1S/C100H140N2O20/c1-9-17-25-39-57-111-81-67-77-85(89(103)79-69-83(113-59-41-27-19-11-3)95(117-63-45-31-23-15-7)99(87(79)91(77)105)121-71-73-49-53-75(54-50-73)101(107)108)97(93(81)115-61-43-29-21-13-5)119-65-47-37-35-33-34-36-38-48-66-120-98-86-78(68-82(112-58-40-26-18-10-2)94(98)116-62-44-30-22-14-6)92(106)88-80(90(86)104)70-84(114-60-42-28-20-12-4)96(118-64-46-32-24-16-8)100(88)122-72-74-51-55-76(56-52-74)102(109)110/h49-56,67-70H,9-48,57-66,71-72H2,1-8H3. The van der Waals surface area contributed by atoms with Gasteiger partial charge in [-0.25, -0.2) is 0 Å². The van der Waals surface area contributed by atoms with E-state index in [9.17, 15) is 20.2 Å². The molecular weight excluding hydrogens is 1550 g/mol. The van der Waals surface area contributed by atoms with Gasteiger partial charge in [0, 0.05) is 46.5 Å². The van der Waals surface area contributed by atoms with Crippen LogP contribution in [0.3, 0.4) is 0 Å². The maximum atomic E-state index is 15.9. The second-order valence-corrected chi connectivity index (χ2v) is 32.4. The largest absolute Gasteiger partial charge is 0.490 e. The van der Waals surface area contributed by atoms with E-state index in [-0.39, 0.29) is 140 Å². The number of nitro benzene ring substituents is 2. The molecule has 22 nitrogen and oxygen atoms in total. The Balaban J connectivity index is 1.05. The van der Waals surface area contributed by atoms with Crippen LogP contribution in [0.4, 0.5) is 11.4 Å². The molecule has 2 aliphatic rings. The van der Waals surface area contributed by atoms with E-state index in [2.05, 4.69) is 55.4 Å². The third-order valence-corrected chi connectivity index (χ3v) is 22.3. The van der Waals surface area contributed by atoms with Gasteiger partial charge >= 0.3 is 0 Å². The molecule has 6 aromatic rings. The highest BCUT2D eigenvalue weighted by molar-refractivity contribution is 6.32. The van der Waals surface area contributed by atoms with Crippen LogP contribution in [0.15, 0.2) is 72.8 Å². The van der Waals surface area contributed by atoms with Crippen molar-refractivity contribution in [2.24, 2.45) is 0 Å². The number of carbonyl (C=O) groups is 4. The predicted molar refractivity (Wildman–Crippen MR) is 479 cm³/mol. The molecule has 8 rings (SSSR count). The van der Waals surface area contributed by atoms with Gasteiger partial charge in [0.2, 0.25) is 23.0 Å². The van der Waals surface area contributed by atoms with Crippen LogP contribution in [-0.2, 0) is 13.2 Å². The summed E-state index contributed by atoms with van der Waals surface area (Å²) in [5.41, 5.74) is 1.55. The Hall–Kier alpha value is -9.60. The van der Waals surface area contributed by atoms with Gasteiger partial charge < -0.3 is 56.8 Å². The molecule has 0 spiro atoms. The van der Waals surface area contributed by atoms with Gasteiger partial charge in [-0.05, 0) is 124 Å². The van der Waals surface area contributed by atoms with Gasteiger partial charge in [0.15, 0.2) is 69.1 Å². The number of hydrogen-bond acceptors (Lipinski definition) is 20. The van der Waals surface area contributed by atoms with E-state index in [1.54, 1.807) is 48.5 Å². The zero-order valence-corrected chi connectivity index (χ0v) is 74.8. The highest BCUT2D eigenvalue weighted by Gasteiger charge is 2.43. The average Bonchev–Trinajstić information content (AvgIpc) is 0.727. The van der Waals surface area contributed by atoms with E-state index in [1.165, 1.54) is 24.3 Å². The molecule has 0 N–H and O–H groups in total. The first-order valence-corrected chi connectivity index (χ1v) is 46.7. The number of rotatable bonds is 69. The maximum absolute atomic E-state index is 15.9. The summed E-state index contributed by atoms with van der Waals surface area (Å²) in [6, 6.07) is 18.5. The molecule has 670 valence electrons. The summed E-state index contributed by atoms with van der Waals surface area (Å²) < 4.78 is 80.3.